The largest absolute Gasteiger partial charge is 0.431 e. The fraction of sp³-hybridized carbons (Fsp3) is 0.217. The number of hydrogen-bond acceptors (Lipinski definition) is 5. The highest BCUT2D eigenvalue weighted by molar-refractivity contribution is 6.01. The fourth-order valence-electron chi connectivity index (χ4n) is 3.45. The number of carbonyl (C=O) groups is 2. The Labute approximate surface area is 180 Å². The average Bonchev–Trinajstić information content (AvgIpc) is 3.12. The number of urea groups is 1. The van der Waals surface area contributed by atoms with Crippen molar-refractivity contribution in [1.82, 2.24) is 15.1 Å². The Morgan fingerprint density at radius 3 is 2.74 bits per heavy atom. The van der Waals surface area contributed by atoms with Gasteiger partial charge in [0.2, 0.25) is 0 Å². The molecule has 2 heterocycles. The molecule has 0 atom stereocenters. The molecular weight excluding hydrogens is 394 g/mol. The molecule has 2 aromatic rings. The minimum absolute atomic E-state index is 0.103. The van der Waals surface area contributed by atoms with E-state index in [1.807, 2.05) is 36.4 Å². The Hall–Kier alpha value is -4.12. The summed E-state index contributed by atoms with van der Waals surface area (Å²) >= 11 is 0. The molecule has 0 spiro atoms. The normalized spacial score (nSPS) is 15.3. The lowest BCUT2D eigenvalue weighted by Gasteiger charge is -2.21. The van der Waals surface area contributed by atoms with Gasteiger partial charge < -0.3 is 15.0 Å². The van der Waals surface area contributed by atoms with Crippen LogP contribution in [0, 0.1) is 11.3 Å². The van der Waals surface area contributed by atoms with Crippen LogP contribution in [0.3, 0.4) is 0 Å². The fourth-order valence-corrected chi connectivity index (χ4v) is 3.45. The smallest absolute Gasteiger partial charge is 0.348 e. The number of ether oxygens (including phenoxy) is 1. The Kier molecular flexibility index (Phi) is 5.94. The summed E-state index contributed by atoms with van der Waals surface area (Å²) in [7, 11) is 0. The van der Waals surface area contributed by atoms with E-state index in [4.69, 9.17) is 10.00 Å². The van der Waals surface area contributed by atoms with Gasteiger partial charge in [-0.1, -0.05) is 42.5 Å². The van der Waals surface area contributed by atoms with Gasteiger partial charge in [0.1, 0.15) is 12.0 Å². The Balaban J connectivity index is 1.36. The van der Waals surface area contributed by atoms with Gasteiger partial charge in [-0.05, 0) is 29.7 Å². The van der Waals surface area contributed by atoms with Crippen LogP contribution >= 0.6 is 0 Å². The van der Waals surface area contributed by atoms with Gasteiger partial charge in [0, 0.05) is 26.2 Å². The molecule has 8 nitrogen and oxygen atoms in total. The second-order valence-electron chi connectivity index (χ2n) is 7.17. The number of nitrogens with one attached hydrogen (secondary N) is 1. The van der Waals surface area contributed by atoms with Crippen LogP contribution in [0.4, 0.5) is 4.79 Å². The standard InChI is InChI=1S/C23H21N5O3/c24-14-18-7-4-8-19(13-18)15-27-11-12-28-20(16-31-23(28)26-22(27)30)21(29)25-10-9-17-5-2-1-3-6-17/h1-8,13,16H,9-12,15H2,(H,25,29). The Morgan fingerprint density at radius 2 is 1.94 bits per heavy atom. The molecule has 2 aliphatic rings. The van der Waals surface area contributed by atoms with Crippen LogP contribution in [0.1, 0.15) is 16.7 Å². The van der Waals surface area contributed by atoms with E-state index < -0.39 is 6.03 Å². The van der Waals surface area contributed by atoms with E-state index in [1.165, 1.54) is 6.26 Å². The van der Waals surface area contributed by atoms with Crippen molar-refractivity contribution in [3.63, 3.8) is 0 Å². The van der Waals surface area contributed by atoms with Crippen molar-refractivity contribution in [3.05, 3.63) is 83.2 Å². The number of fused-ring (bicyclic) bond motifs is 1. The topological polar surface area (TPSA) is 98.0 Å². The predicted molar refractivity (Wildman–Crippen MR) is 113 cm³/mol. The third-order valence-corrected chi connectivity index (χ3v) is 5.06. The summed E-state index contributed by atoms with van der Waals surface area (Å²) in [6.07, 6.45) is 2.05. The summed E-state index contributed by atoms with van der Waals surface area (Å²) in [5, 5.41) is 12.0. The molecule has 2 aliphatic heterocycles. The molecule has 0 aromatic heterocycles. The molecule has 31 heavy (non-hydrogen) atoms. The van der Waals surface area contributed by atoms with E-state index in [9.17, 15) is 9.59 Å². The third-order valence-electron chi connectivity index (χ3n) is 5.06. The number of carbonyl (C=O) groups excluding carboxylic acids is 2. The first-order chi connectivity index (χ1) is 15.1. The lowest BCUT2D eigenvalue weighted by Crippen LogP contribution is -2.38. The summed E-state index contributed by atoms with van der Waals surface area (Å²) < 4.78 is 5.40. The van der Waals surface area contributed by atoms with Crippen LogP contribution in [0.15, 0.2) is 71.5 Å². The molecule has 0 saturated carbocycles. The number of amides is 3. The van der Waals surface area contributed by atoms with Gasteiger partial charge >= 0.3 is 12.1 Å². The number of aliphatic imine (C=N–C) groups is 1. The molecule has 0 radical (unpaired) electrons. The second-order valence-corrected chi connectivity index (χ2v) is 7.17. The van der Waals surface area contributed by atoms with Gasteiger partial charge in [-0.25, -0.2) is 4.79 Å². The van der Waals surface area contributed by atoms with Gasteiger partial charge in [-0.15, -0.1) is 4.99 Å². The number of rotatable bonds is 6. The monoisotopic (exact) mass is 415 g/mol. The quantitative estimate of drug-likeness (QED) is 0.781. The highest BCUT2D eigenvalue weighted by Gasteiger charge is 2.33. The van der Waals surface area contributed by atoms with E-state index in [0.29, 0.717) is 37.4 Å². The van der Waals surface area contributed by atoms with Crippen molar-refractivity contribution in [2.75, 3.05) is 19.6 Å². The molecule has 0 aliphatic carbocycles. The first-order valence-electron chi connectivity index (χ1n) is 9.97. The van der Waals surface area contributed by atoms with Crippen LogP contribution in [-0.2, 0) is 22.5 Å². The van der Waals surface area contributed by atoms with Crippen molar-refractivity contribution in [1.29, 1.82) is 5.26 Å². The zero-order valence-electron chi connectivity index (χ0n) is 16.8. The molecule has 4 rings (SSSR count). The molecule has 3 amide bonds. The lowest BCUT2D eigenvalue weighted by atomic mass is 10.1. The van der Waals surface area contributed by atoms with Crippen LogP contribution in [0.5, 0.6) is 0 Å². The molecule has 156 valence electrons. The second kappa shape index (κ2) is 9.13. The van der Waals surface area contributed by atoms with E-state index in [0.717, 1.165) is 17.5 Å². The molecule has 0 unspecified atom stereocenters. The Morgan fingerprint density at radius 1 is 1.13 bits per heavy atom. The maximum atomic E-state index is 12.6. The zero-order valence-corrected chi connectivity index (χ0v) is 16.8. The maximum Gasteiger partial charge on any atom is 0.348 e. The summed E-state index contributed by atoms with van der Waals surface area (Å²) in [6.45, 7) is 1.54. The summed E-state index contributed by atoms with van der Waals surface area (Å²) in [6, 6.07) is 18.7. The van der Waals surface area contributed by atoms with Gasteiger partial charge in [0.05, 0.1) is 11.6 Å². The molecule has 0 bridgehead atoms. The number of benzene rings is 2. The van der Waals surface area contributed by atoms with Gasteiger partial charge in [-0.3, -0.25) is 9.69 Å². The summed E-state index contributed by atoms with van der Waals surface area (Å²) in [5.41, 5.74) is 2.84. The molecule has 2 aromatic carbocycles. The minimum atomic E-state index is -0.445. The minimum Gasteiger partial charge on any atom is -0.431 e. The molecule has 8 heteroatoms. The third kappa shape index (κ3) is 4.73. The SMILES string of the molecule is N#Cc1cccc(CN2CCN3C(C(=O)NCCc4ccccc4)=COC3=NC2=O)c1. The molecule has 0 fully saturated rings. The van der Waals surface area contributed by atoms with E-state index in [-0.39, 0.29) is 11.9 Å². The van der Waals surface area contributed by atoms with Crippen molar-refractivity contribution in [3.8, 4) is 6.07 Å². The highest BCUT2D eigenvalue weighted by Crippen LogP contribution is 2.20. The van der Waals surface area contributed by atoms with E-state index >= 15 is 0 Å². The van der Waals surface area contributed by atoms with Crippen LogP contribution < -0.4 is 5.32 Å². The van der Waals surface area contributed by atoms with Crippen molar-refractivity contribution in [2.45, 2.75) is 13.0 Å². The zero-order chi connectivity index (χ0) is 21.6. The maximum absolute atomic E-state index is 12.6. The lowest BCUT2D eigenvalue weighted by molar-refractivity contribution is -0.118. The molecule has 0 saturated heterocycles. The van der Waals surface area contributed by atoms with Crippen molar-refractivity contribution < 1.29 is 14.3 Å². The number of amidine groups is 1. The van der Waals surface area contributed by atoms with Crippen molar-refractivity contribution >= 4 is 18.0 Å². The number of nitriles is 1. The van der Waals surface area contributed by atoms with Crippen LogP contribution in [0.25, 0.3) is 0 Å². The first kappa shape index (κ1) is 20.2. The first-order valence-corrected chi connectivity index (χ1v) is 9.97. The number of hydrogen-bond donors (Lipinski definition) is 1. The molecule has 1 N–H and O–H groups in total. The number of nitrogens with zero attached hydrogens (tertiary/aromatic N) is 4. The highest BCUT2D eigenvalue weighted by atomic mass is 16.5. The average molecular weight is 415 g/mol. The summed E-state index contributed by atoms with van der Waals surface area (Å²) in [4.78, 5) is 32.4. The van der Waals surface area contributed by atoms with E-state index in [2.05, 4.69) is 16.4 Å². The van der Waals surface area contributed by atoms with Crippen LogP contribution in [-0.4, -0.2) is 47.4 Å². The van der Waals surface area contributed by atoms with Gasteiger partial charge in [0.15, 0.2) is 0 Å². The van der Waals surface area contributed by atoms with Crippen LogP contribution in [0.2, 0.25) is 0 Å². The van der Waals surface area contributed by atoms with Gasteiger partial charge in [-0.2, -0.15) is 5.26 Å². The van der Waals surface area contributed by atoms with Gasteiger partial charge in [0.25, 0.3) is 5.91 Å². The predicted octanol–water partition coefficient (Wildman–Crippen LogP) is 2.38. The Bertz CT molecular complexity index is 1090. The van der Waals surface area contributed by atoms with E-state index in [1.54, 1.807) is 28.0 Å². The molecular formula is C23H21N5O3. The summed E-state index contributed by atoms with van der Waals surface area (Å²) in [5.74, 6) is -0.274. The van der Waals surface area contributed by atoms with Crippen molar-refractivity contribution in [2.24, 2.45) is 4.99 Å².